The summed E-state index contributed by atoms with van der Waals surface area (Å²) in [5.41, 5.74) is 1.13. The fraction of sp³-hybridized carbons (Fsp3) is 0.182. The summed E-state index contributed by atoms with van der Waals surface area (Å²) in [7, 11) is 3.98. The van der Waals surface area contributed by atoms with Gasteiger partial charge >= 0.3 is 0 Å². The molecule has 3 nitrogen and oxygen atoms in total. The number of hydrogen-bond acceptors (Lipinski definition) is 2. The zero-order chi connectivity index (χ0) is 9.97. The van der Waals surface area contributed by atoms with Gasteiger partial charge in [-0.1, -0.05) is 18.2 Å². The van der Waals surface area contributed by atoms with Gasteiger partial charge in [-0.25, -0.2) is 4.98 Å². The van der Waals surface area contributed by atoms with Crippen LogP contribution in [0.1, 0.15) is 0 Å². The molecule has 0 bridgehead atoms. The minimum absolute atomic E-state index is 0.941. The van der Waals surface area contributed by atoms with Crippen LogP contribution in [0.5, 0.6) is 0 Å². The SMILES string of the molecule is CN(C)c1nccn1-c1ccccc1. The van der Waals surface area contributed by atoms with Crippen molar-refractivity contribution in [2.45, 2.75) is 0 Å². The molecule has 3 heteroatoms. The van der Waals surface area contributed by atoms with Gasteiger partial charge in [-0.05, 0) is 12.1 Å². The first kappa shape index (κ1) is 8.81. The zero-order valence-corrected chi connectivity index (χ0v) is 8.38. The Morgan fingerprint density at radius 2 is 1.86 bits per heavy atom. The maximum absolute atomic E-state index is 4.28. The number of imidazole rings is 1. The molecule has 0 radical (unpaired) electrons. The van der Waals surface area contributed by atoms with Crippen molar-refractivity contribution in [3.63, 3.8) is 0 Å². The molecule has 0 spiro atoms. The summed E-state index contributed by atoms with van der Waals surface area (Å²) in [6.07, 6.45) is 3.77. The van der Waals surface area contributed by atoms with E-state index in [-0.39, 0.29) is 0 Å². The highest BCUT2D eigenvalue weighted by Crippen LogP contribution is 2.15. The van der Waals surface area contributed by atoms with E-state index in [0.29, 0.717) is 0 Å². The molecule has 0 aliphatic rings. The largest absolute Gasteiger partial charge is 0.348 e. The molecule has 1 aromatic heterocycles. The van der Waals surface area contributed by atoms with E-state index in [1.165, 1.54) is 0 Å². The van der Waals surface area contributed by atoms with Crippen LogP contribution in [0.2, 0.25) is 0 Å². The predicted molar refractivity (Wildman–Crippen MR) is 57.9 cm³/mol. The quantitative estimate of drug-likeness (QED) is 0.716. The molecule has 0 aliphatic heterocycles. The number of anilines is 1. The van der Waals surface area contributed by atoms with Crippen LogP contribution >= 0.6 is 0 Å². The Labute approximate surface area is 83.6 Å². The van der Waals surface area contributed by atoms with Crippen molar-refractivity contribution >= 4 is 5.95 Å². The molecule has 0 aliphatic carbocycles. The average molecular weight is 187 g/mol. The summed E-state index contributed by atoms with van der Waals surface area (Å²) in [4.78, 5) is 6.27. The van der Waals surface area contributed by atoms with Gasteiger partial charge in [0, 0.05) is 32.2 Å². The average Bonchev–Trinajstić information content (AvgIpc) is 2.67. The minimum atomic E-state index is 0.941. The second-order valence-electron chi connectivity index (χ2n) is 3.33. The Kier molecular flexibility index (Phi) is 2.23. The van der Waals surface area contributed by atoms with Gasteiger partial charge in [0.15, 0.2) is 0 Å². The molecule has 0 fully saturated rings. The van der Waals surface area contributed by atoms with Gasteiger partial charge in [0.1, 0.15) is 0 Å². The monoisotopic (exact) mass is 187 g/mol. The zero-order valence-electron chi connectivity index (χ0n) is 8.38. The molecule has 0 saturated carbocycles. The molecule has 2 rings (SSSR count). The van der Waals surface area contributed by atoms with Crippen molar-refractivity contribution < 1.29 is 0 Å². The standard InChI is InChI=1S/C11H13N3/c1-13(2)11-12-8-9-14(11)10-6-4-3-5-7-10/h3-9H,1-2H3. The molecule has 14 heavy (non-hydrogen) atoms. The predicted octanol–water partition coefficient (Wildman–Crippen LogP) is 1.94. The van der Waals surface area contributed by atoms with Crippen LogP contribution in [-0.4, -0.2) is 23.6 Å². The summed E-state index contributed by atoms with van der Waals surface area (Å²) in [6, 6.07) is 10.2. The van der Waals surface area contributed by atoms with Crippen LogP contribution in [0, 0.1) is 0 Å². The number of rotatable bonds is 2. The molecule has 0 N–H and O–H groups in total. The second kappa shape index (κ2) is 3.54. The summed E-state index contributed by atoms with van der Waals surface area (Å²) in [5.74, 6) is 0.941. The number of benzene rings is 1. The summed E-state index contributed by atoms with van der Waals surface area (Å²) >= 11 is 0. The second-order valence-corrected chi connectivity index (χ2v) is 3.33. The van der Waals surface area contributed by atoms with Gasteiger partial charge in [0.25, 0.3) is 0 Å². The minimum Gasteiger partial charge on any atom is -0.348 e. The molecular formula is C11H13N3. The molecule has 0 atom stereocenters. The number of para-hydroxylation sites is 1. The van der Waals surface area contributed by atoms with E-state index in [0.717, 1.165) is 11.6 Å². The van der Waals surface area contributed by atoms with E-state index in [9.17, 15) is 0 Å². The summed E-state index contributed by atoms with van der Waals surface area (Å²) < 4.78 is 2.06. The maximum atomic E-state index is 4.28. The topological polar surface area (TPSA) is 21.1 Å². The van der Waals surface area contributed by atoms with Gasteiger partial charge in [-0.15, -0.1) is 0 Å². The molecule has 1 aromatic carbocycles. The Morgan fingerprint density at radius 3 is 2.50 bits per heavy atom. The van der Waals surface area contributed by atoms with Crippen molar-refractivity contribution in [1.82, 2.24) is 9.55 Å². The van der Waals surface area contributed by atoms with Crippen LogP contribution in [0.4, 0.5) is 5.95 Å². The molecule has 0 unspecified atom stereocenters. The Balaban J connectivity index is 2.47. The van der Waals surface area contributed by atoms with Gasteiger partial charge in [0.2, 0.25) is 5.95 Å². The van der Waals surface area contributed by atoms with E-state index in [4.69, 9.17) is 0 Å². The van der Waals surface area contributed by atoms with Gasteiger partial charge < -0.3 is 4.90 Å². The van der Waals surface area contributed by atoms with E-state index in [1.807, 2.05) is 49.6 Å². The number of hydrogen-bond donors (Lipinski definition) is 0. The highest BCUT2D eigenvalue weighted by atomic mass is 15.3. The molecule has 2 aromatic rings. The fourth-order valence-corrected chi connectivity index (χ4v) is 1.42. The Morgan fingerprint density at radius 1 is 1.14 bits per heavy atom. The van der Waals surface area contributed by atoms with Crippen molar-refractivity contribution in [3.05, 3.63) is 42.7 Å². The number of nitrogens with zero attached hydrogens (tertiary/aromatic N) is 3. The van der Waals surface area contributed by atoms with Crippen molar-refractivity contribution in [3.8, 4) is 5.69 Å². The first-order valence-electron chi connectivity index (χ1n) is 4.55. The van der Waals surface area contributed by atoms with Crippen molar-refractivity contribution in [1.29, 1.82) is 0 Å². The third-order valence-electron chi connectivity index (χ3n) is 2.06. The molecule has 0 saturated heterocycles. The summed E-state index contributed by atoms with van der Waals surface area (Å²) in [5, 5.41) is 0. The van der Waals surface area contributed by atoms with Crippen molar-refractivity contribution in [2.75, 3.05) is 19.0 Å². The van der Waals surface area contributed by atoms with Crippen LogP contribution in [0.15, 0.2) is 42.7 Å². The van der Waals surface area contributed by atoms with E-state index in [2.05, 4.69) is 21.7 Å². The first-order valence-corrected chi connectivity index (χ1v) is 4.55. The third kappa shape index (κ3) is 1.48. The third-order valence-corrected chi connectivity index (χ3v) is 2.06. The summed E-state index contributed by atoms with van der Waals surface area (Å²) in [6.45, 7) is 0. The van der Waals surface area contributed by atoms with Crippen LogP contribution < -0.4 is 4.90 Å². The lowest BCUT2D eigenvalue weighted by Crippen LogP contribution is -2.14. The molecular weight excluding hydrogens is 174 g/mol. The highest BCUT2D eigenvalue weighted by molar-refractivity contribution is 5.42. The van der Waals surface area contributed by atoms with Gasteiger partial charge in [-0.2, -0.15) is 0 Å². The van der Waals surface area contributed by atoms with Gasteiger partial charge in [-0.3, -0.25) is 4.57 Å². The van der Waals surface area contributed by atoms with Crippen molar-refractivity contribution in [2.24, 2.45) is 0 Å². The van der Waals surface area contributed by atoms with E-state index < -0.39 is 0 Å². The molecule has 0 amide bonds. The fourth-order valence-electron chi connectivity index (χ4n) is 1.42. The lowest BCUT2D eigenvalue weighted by atomic mass is 10.3. The highest BCUT2D eigenvalue weighted by Gasteiger charge is 2.04. The smallest absolute Gasteiger partial charge is 0.209 e. The molecule has 1 heterocycles. The van der Waals surface area contributed by atoms with Crippen LogP contribution in [0.25, 0.3) is 5.69 Å². The normalized spacial score (nSPS) is 10.1. The van der Waals surface area contributed by atoms with E-state index in [1.54, 1.807) is 0 Å². The first-order chi connectivity index (χ1) is 6.79. The van der Waals surface area contributed by atoms with E-state index >= 15 is 0 Å². The van der Waals surface area contributed by atoms with Crippen LogP contribution in [0.3, 0.4) is 0 Å². The molecule has 72 valence electrons. The lowest BCUT2D eigenvalue weighted by molar-refractivity contribution is 0.954. The van der Waals surface area contributed by atoms with Gasteiger partial charge in [0.05, 0.1) is 0 Å². The van der Waals surface area contributed by atoms with Crippen LogP contribution in [-0.2, 0) is 0 Å². The Bertz CT molecular complexity index is 403. The maximum Gasteiger partial charge on any atom is 0.209 e. The Hall–Kier alpha value is -1.77. The lowest BCUT2D eigenvalue weighted by Gasteiger charge is -2.13. The number of aromatic nitrogens is 2.